The summed E-state index contributed by atoms with van der Waals surface area (Å²) < 4.78 is 26.8. The summed E-state index contributed by atoms with van der Waals surface area (Å²) in [4.78, 5) is 2.44. The normalized spacial score (nSPS) is 21.3. The van der Waals surface area contributed by atoms with Gasteiger partial charge in [0.25, 0.3) is 0 Å². The molecule has 6 heteroatoms. The number of piperidine rings is 1. The quantitative estimate of drug-likeness (QED) is 0.854. The summed E-state index contributed by atoms with van der Waals surface area (Å²) in [5.41, 5.74) is 7.23. The molecule has 2 rings (SSSR count). The Labute approximate surface area is 121 Å². The number of hydrogen-bond donors (Lipinski definition) is 1. The predicted octanol–water partition coefficient (Wildman–Crippen LogP) is 1.29. The molecule has 1 atom stereocenters. The van der Waals surface area contributed by atoms with Gasteiger partial charge >= 0.3 is 0 Å². The van der Waals surface area contributed by atoms with Crippen molar-refractivity contribution in [2.75, 3.05) is 32.9 Å². The van der Waals surface area contributed by atoms with Crippen LogP contribution in [0.4, 0.5) is 5.69 Å². The molecule has 1 saturated heterocycles. The van der Waals surface area contributed by atoms with Gasteiger partial charge in [-0.2, -0.15) is 4.31 Å². The number of rotatable bonds is 3. The number of nitrogens with two attached hydrogens (primary N) is 1. The monoisotopic (exact) mass is 297 g/mol. The van der Waals surface area contributed by atoms with Crippen LogP contribution in [0.2, 0.25) is 0 Å². The predicted molar refractivity (Wildman–Crippen MR) is 81.1 cm³/mol. The fourth-order valence-corrected chi connectivity index (χ4v) is 3.99. The van der Waals surface area contributed by atoms with Crippen LogP contribution in [0.25, 0.3) is 0 Å². The van der Waals surface area contributed by atoms with E-state index in [1.54, 1.807) is 25.2 Å². The van der Waals surface area contributed by atoms with Crippen molar-refractivity contribution in [2.45, 2.75) is 30.7 Å². The lowest BCUT2D eigenvalue weighted by Crippen LogP contribution is -2.47. The third-order valence-electron chi connectivity index (χ3n) is 4.04. The van der Waals surface area contributed by atoms with Crippen molar-refractivity contribution >= 4 is 15.7 Å². The summed E-state index contributed by atoms with van der Waals surface area (Å²) in [7, 11) is 0.212. The third kappa shape index (κ3) is 2.97. The van der Waals surface area contributed by atoms with Crippen molar-refractivity contribution in [3.8, 4) is 0 Å². The average Bonchev–Trinajstić information content (AvgIpc) is 2.40. The summed E-state index contributed by atoms with van der Waals surface area (Å²) in [5.74, 6) is 0. The van der Waals surface area contributed by atoms with Crippen LogP contribution in [0.1, 0.15) is 18.4 Å². The first-order valence-corrected chi connectivity index (χ1v) is 8.29. The number of nitrogens with zero attached hydrogens (tertiary/aromatic N) is 2. The number of likely N-dealkylation sites (tertiary alicyclic amines) is 1. The Hall–Kier alpha value is -1.11. The van der Waals surface area contributed by atoms with Crippen molar-refractivity contribution in [3.05, 3.63) is 23.8 Å². The van der Waals surface area contributed by atoms with Gasteiger partial charge in [-0.3, -0.25) is 0 Å². The summed E-state index contributed by atoms with van der Waals surface area (Å²) in [5, 5.41) is 0. The standard InChI is InChI=1S/C14H23N3O2S/c1-11-6-7-13(9-14(11)15)20(18,19)17(3)12-5-4-8-16(2)10-12/h6-7,9,12H,4-5,8,10,15H2,1-3H3. The largest absolute Gasteiger partial charge is 0.398 e. The van der Waals surface area contributed by atoms with E-state index >= 15 is 0 Å². The maximum atomic E-state index is 12.7. The van der Waals surface area contributed by atoms with Crippen molar-refractivity contribution in [2.24, 2.45) is 0 Å². The zero-order valence-electron chi connectivity index (χ0n) is 12.3. The Kier molecular flexibility index (Phi) is 4.36. The number of hydrogen-bond acceptors (Lipinski definition) is 4. The van der Waals surface area contributed by atoms with Gasteiger partial charge < -0.3 is 10.6 Å². The zero-order chi connectivity index (χ0) is 14.9. The first-order chi connectivity index (χ1) is 9.32. The number of anilines is 1. The molecule has 2 N–H and O–H groups in total. The van der Waals surface area contributed by atoms with E-state index in [4.69, 9.17) is 5.73 Å². The molecule has 1 unspecified atom stereocenters. The van der Waals surface area contributed by atoms with Gasteiger partial charge in [0, 0.05) is 25.3 Å². The van der Waals surface area contributed by atoms with E-state index in [0.29, 0.717) is 5.69 Å². The second-order valence-electron chi connectivity index (χ2n) is 5.60. The summed E-state index contributed by atoms with van der Waals surface area (Å²) in [6.45, 7) is 3.67. The highest BCUT2D eigenvalue weighted by Crippen LogP contribution is 2.24. The summed E-state index contributed by atoms with van der Waals surface area (Å²) in [6.07, 6.45) is 1.93. The van der Waals surface area contributed by atoms with Crippen molar-refractivity contribution in [1.29, 1.82) is 0 Å². The minimum Gasteiger partial charge on any atom is -0.398 e. The number of nitrogen functional groups attached to an aromatic ring is 1. The summed E-state index contributed by atoms with van der Waals surface area (Å²) >= 11 is 0. The second kappa shape index (κ2) is 5.71. The molecule has 1 aromatic carbocycles. The lowest BCUT2D eigenvalue weighted by Gasteiger charge is -2.35. The van der Waals surface area contributed by atoms with E-state index in [9.17, 15) is 8.42 Å². The van der Waals surface area contributed by atoms with Crippen LogP contribution >= 0.6 is 0 Å². The fraction of sp³-hybridized carbons (Fsp3) is 0.571. The number of likely N-dealkylation sites (N-methyl/N-ethyl adjacent to an activating group) is 2. The molecule has 1 heterocycles. The Bertz CT molecular complexity index is 586. The van der Waals surface area contributed by atoms with Gasteiger partial charge in [-0.05, 0) is 51.1 Å². The Morgan fingerprint density at radius 1 is 1.40 bits per heavy atom. The third-order valence-corrected chi connectivity index (χ3v) is 5.95. The first kappa shape index (κ1) is 15.3. The van der Waals surface area contributed by atoms with E-state index in [0.717, 1.165) is 31.5 Å². The number of sulfonamides is 1. The maximum Gasteiger partial charge on any atom is 0.243 e. The average molecular weight is 297 g/mol. The van der Waals surface area contributed by atoms with E-state index < -0.39 is 10.0 Å². The maximum absolute atomic E-state index is 12.7. The van der Waals surface area contributed by atoms with Gasteiger partial charge in [0.1, 0.15) is 0 Å². The SMILES string of the molecule is Cc1ccc(S(=O)(=O)N(C)C2CCCN(C)C2)cc1N. The molecule has 20 heavy (non-hydrogen) atoms. The minimum absolute atomic E-state index is 0.0290. The molecule has 0 aliphatic carbocycles. The molecule has 1 fully saturated rings. The molecule has 0 amide bonds. The van der Waals surface area contributed by atoms with E-state index in [1.807, 2.05) is 14.0 Å². The van der Waals surface area contributed by atoms with Gasteiger partial charge in [0.05, 0.1) is 4.90 Å². The molecule has 1 aliphatic rings. The Morgan fingerprint density at radius 3 is 2.70 bits per heavy atom. The smallest absolute Gasteiger partial charge is 0.243 e. The molecular weight excluding hydrogens is 274 g/mol. The molecule has 112 valence electrons. The van der Waals surface area contributed by atoms with Gasteiger partial charge in [0.15, 0.2) is 0 Å². The molecular formula is C14H23N3O2S. The zero-order valence-corrected chi connectivity index (χ0v) is 13.2. The van der Waals surface area contributed by atoms with Crippen LogP contribution in [0.3, 0.4) is 0 Å². The molecule has 1 aliphatic heterocycles. The van der Waals surface area contributed by atoms with Crippen molar-refractivity contribution in [3.63, 3.8) is 0 Å². The molecule has 5 nitrogen and oxygen atoms in total. The highest BCUT2D eigenvalue weighted by atomic mass is 32.2. The van der Waals surface area contributed by atoms with Gasteiger partial charge in [-0.25, -0.2) is 8.42 Å². The van der Waals surface area contributed by atoms with Crippen molar-refractivity contribution in [1.82, 2.24) is 9.21 Å². The fourth-order valence-electron chi connectivity index (χ4n) is 2.58. The molecule has 0 spiro atoms. The highest BCUT2D eigenvalue weighted by molar-refractivity contribution is 7.89. The van der Waals surface area contributed by atoms with E-state index in [1.165, 1.54) is 4.31 Å². The number of benzene rings is 1. The van der Waals surface area contributed by atoms with Crippen LogP contribution in [0.5, 0.6) is 0 Å². The van der Waals surface area contributed by atoms with Gasteiger partial charge in [-0.15, -0.1) is 0 Å². The van der Waals surface area contributed by atoms with E-state index in [2.05, 4.69) is 4.90 Å². The molecule has 0 saturated carbocycles. The van der Waals surface area contributed by atoms with Crippen molar-refractivity contribution < 1.29 is 8.42 Å². The van der Waals surface area contributed by atoms with Crippen LogP contribution in [-0.2, 0) is 10.0 Å². The van der Waals surface area contributed by atoms with Crippen LogP contribution in [0, 0.1) is 6.92 Å². The first-order valence-electron chi connectivity index (χ1n) is 6.85. The lowest BCUT2D eigenvalue weighted by molar-refractivity contribution is 0.187. The topological polar surface area (TPSA) is 66.6 Å². The van der Waals surface area contributed by atoms with Crippen LogP contribution < -0.4 is 5.73 Å². The van der Waals surface area contributed by atoms with E-state index in [-0.39, 0.29) is 10.9 Å². The van der Waals surface area contributed by atoms with Crippen LogP contribution in [-0.4, -0.2) is 50.8 Å². The Morgan fingerprint density at radius 2 is 2.10 bits per heavy atom. The van der Waals surface area contributed by atoms with Gasteiger partial charge in [0.2, 0.25) is 10.0 Å². The second-order valence-corrected chi connectivity index (χ2v) is 7.60. The Balaban J connectivity index is 2.26. The van der Waals surface area contributed by atoms with Crippen LogP contribution in [0.15, 0.2) is 23.1 Å². The van der Waals surface area contributed by atoms with Gasteiger partial charge in [-0.1, -0.05) is 6.07 Å². The molecule has 0 aromatic heterocycles. The minimum atomic E-state index is -3.47. The summed E-state index contributed by atoms with van der Waals surface area (Å²) in [6, 6.07) is 4.96. The molecule has 1 aromatic rings. The highest BCUT2D eigenvalue weighted by Gasteiger charge is 2.30. The molecule has 0 radical (unpaired) electrons. The lowest BCUT2D eigenvalue weighted by atomic mass is 10.1. The molecule has 0 bridgehead atoms. The number of aryl methyl sites for hydroxylation is 1.